The summed E-state index contributed by atoms with van der Waals surface area (Å²) in [4.78, 5) is 12.7. The Morgan fingerprint density at radius 3 is 2.70 bits per heavy atom. The number of aryl methyl sites for hydroxylation is 1. The molecule has 0 spiro atoms. The van der Waals surface area contributed by atoms with Crippen molar-refractivity contribution in [3.8, 4) is 5.69 Å². The summed E-state index contributed by atoms with van der Waals surface area (Å²) in [5, 5.41) is 4.63. The largest absolute Gasteiger partial charge is 0.294 e. The number of rotatable bonds is 4. The Morgan fingerprint density at radius 1 is 1.26 bits per heavy atom. The summed E-state index contributed by atoms with van der Waals surface area (Å²) in [6, 6.07) is 6.62. The highest BCUT2D eigenvalue weighted by Crippen LogP contribution is 2.37. The van der Waals surface area contributed by atoms with Crippen molar-refractivity contribution >= 4 is 5.78 Å². The fourth-order valence-corrected chi connectivity index (χ4v) is 3.37. The van der Waals surface area contributed by atoms with Crippen molar-refractivity contribution in [1.29, 1.82) is 0 Å². The minimum Gasteiger partial charge on any atom is -0.294 e. The monoisotopic (exact) mass is 314 g/mol. The van der Waals surface area contributed by atoms with Crippen LogP contribution in [0.4, 0.5) is 4.39 Å². The number of carbonyl (C=O) groups excluding carboxylic acids is 1. The van der Waals surface area contributed by atoms with Gasteiger partial charge in [-0.2, -0.15) is 5.10 Å². The molecule has 3 rings (SSSR count). The lowest BCUT2D eigenvalue weighted by Crippen LogP contribution is -2.28. The zero-order chi connectivity index (χ0) is 16.6. The molecule has 0 saturated carbocycles. The van der Waals surface area contributed by atoms with Crippen molar-refractivity contribution in [1.82, 2.24) is 9.78 Å². The Hall–Kier alpha value is -1.97. The van der Waals surface area contributed by atoms with Crippen molar-refractivity contribution in [3.05, 3.63) is 47.0 Å². The first-order valence-corrected chi connectivity index (χ1v) is 8.32. The number of halogens is 1. The molecule has 122 valence electrons. The zero-order valence-corrected chi connectivity index (χ0v) is 14.0. The van der Waals surface area contributed by atoms with Gasteiger partial charge in [0.25, 0.3) is 0 Å². The fourth-order valence-electron chi connectivity index (χ4n) is 3.37. The topological polar surface area (TPSA) is 34.9 Å². The third-order valence-corrected chi connectivity index (χ3v) is 4.47. The summed E-state index contributed by atoms with van der Waals surface area (Å²) in [5.74, 6) is -0.166. The van der Waals surface area contributed by atoms with Gasteiger partial charge in [0, 0.05) is 6.42 Å². The number of para-hydroxylation sites is 1. The molecule has 0 fully saturated rings. The minimum absolute atomic E-state index is 0.116. The number of unbranched alkanes of at least 4 members (excludes halogenated alkanes) is 1. The Kier molecular flexibility index (Phi) is 4.09. The highest BCUT2D eigenvalue weighted by atomic mass is 19.1. The zero-order valence-electron chi connectivity index (χ0n) is 14.0. The van der Waals surface area contributed by atoms with Gasteiger partial charge in [-0.25, -0.2) is 9.07 Å². The van der Waals surface area contributed by atoms with Gasteiger partial charge < -0.3 is 0 Å². The average Bonchev–Trinajstić information content (AvgIpc) is 2.83. The maximum atomic E-state index is 14.3. The maximum absolute atomic E-state index is 14.3. The molecule has 23 heavy (non-hydrogen) atoms. The summed E-state index contributed by atoms with van der Waals surface area (Å²) in [5.41, 5.74) is 2.74. The van der Waals surface area contributed by atoms with E-state index >= 15 is 0 Å². The summed E-state index contributed by atoms with van der Waals surface area (Å²) in [6.45, 7) is 6.28. The van der Waals surface area contributed by atoms with Crippen molar-refractivity contribution < 1.29 is 9.18 Å². The standard InChI is InChI=1S/C19H23FN2O/c1-4-5-9-14-18-16(11-19(2,3)12-17(18)23)22(21-14)15-10-7-6-8-13(15)20/h6-8,10H,4-5,9,11-12H2,1-3H3. The maximum Gasteiger partial charge on any atom is 0.167 e. The van der Waals surface area contributed by atoms with Gasteiger partial charge in [0.1, 0.15) is 11.5 Å². The van der Waals surface area contributed by atoms with Gasteiger partial charge >= 0.3 is 0 Å². The Morgan fingerprint density at radius 2 is 2.00 bits per heavy atom. The molecule has 0 saturated heterocycles. The molecule has 2 aromatic rings. The molecule has 4 heteroatoms. The van der Waals surface area contributed by atoms with Crippen LogP contribution in [-0.4, -0.2) is 15.6 Å². The number of hydrogen-bond acceptors (Lipinski definition) is 2. The molecule has 1 aliphatic rings. The molecule has 3 nitrogen and oxygen atoms in total. The molecule has 1 aromatic carbocycles. The van der Waals surface area contributed by atoms with Gasteiger partial charge in [0.15, 0.2) is 5.78 Å². The molecule has 1 heterocycles. The highest BCUT2D eigenvalue weighted by molar-refractivity contribution is 6.00. The Balaban J connectivity index is 2.17. The Bertz CT molecular complexity index is 746. The molecular weight excluding hydrogens is 291 g/mol. The number of hydrogen-bond donors (Lipinski definition) is 0. The van der Waals surface area contributed by atoms with E-state index < -0.39 is 0 Å². The Labute approximate surface area is 136 Å². The van der Waals surface area contributed by atoms with Gasteiger partial charge in [0.2, 0.25) is 0 Å². The summed E-state index contributed by atoms with van der Waals surface area (Å²) < 4.78 is 15.9. The molecule has 0 amide bonds. The van der Waals surface area contributed by atoms with E-state index in [1.165, 1.54) is 6.07 Å². The van der Waals surface area contributed by atoms with Crippen LogP contribution < -0.4 is 0 Å². The lowest BCUT2D eigenvalue weighted by molar-refractivity contribution is 0.0910. The van der Waals surface area contributed by atoms with Gasteiger partial charge in [0.05, 0.1) is 17.0 Å². The number of carbonyl (C=O) groups is 1. The second-order valence-corrected chi connectivity index (χ2v) is 7.18. The summed E-state index contributed by atoms with van der Waals surface area (Å²) in [7, 11) is 0. The van der Waals surface area contributed by atoms with E-state index in [0.29, 0.717) is 12.1 Å². The summed E-state index contributed by atoms with van der Waals surface area (Å²) >= 11 is 0. The molecular formula is C19H23FN2O. The number of aromatic nitrogens is 2. The first-order chi connectivity index (χ1) is 10.9. The third kappa shape index (κ3) is 2.94. The predicted octanol–water partition coefficient (Wildman–Crippen LogP) is 4.51. The third-order valence-electron chi connectivity index (χ3n) is 4.47. The second kappa shape index (κ2) is 5.91. The van der Waals surface area contributed by atoms with Crippen LogP contribution >= 0.6 is 0 Å². The van der Waals surface area contributed by atoms with E-state index in [4.69, 9.17) is 0 Å². The molecule has 0 N–H and O–H groups in total. The second-order valence-electron chi connectivity index (χ2n) is 7.18. The van der Waals surface area contributed by atoms with Crippen LogP contribution in [0.25, 0.3) is 5.69 Å². The average molecular weight is 314 g/mol. The van der Waals surface area contributed by atoms with Gasteiger partial charge in [-0.15, -0.1) is 0 Å². The van der Waals surface area contributed by atoms with Crippen molar-refractivity contribution in [2.75, 3.05) is 0 Å². The lowest BCUT2D eigenvalue weighted by atomic mass is 9.75. The first kappa shape index (κ1) is 15.9. The van der Waals surface area contributed by atoms with Crippen LogP contribution in [-0.2, 0) is 12.8 Å². The SMILES string of the molecule is CCCCc1nn(-c2ccccc2F)c2c1C(=O)CC(C)(C)C2. The van der Waals surface area contributed by atoms with Crippen LogP contribution in [0.5, 0.6) is 0 Å². The van der Waals surface area contributed by atoms with Gasteiger partial charge in [-0.3, -0.25) is 4.79 Å². The fraction of sp³-hybridized carbons (Fsp3) is 0.474. The molecule has 1 aromatic heterocycles. The van der Waals surface area contributed by atoms with E-state index in [1.807, 2.05) is 0 Å². The number of Topliss-reactive ketones (excluding diaryl/α,β-unsaturated/α-hetero) is 1. The van der Waals surface area contributed by atoms with Crippen LogP contribution in [0, 0.1) is 11.2 Å². The quantitative estimate of drug-likeness (QED) is 0.832. The molecule has 0 atom stereocenters. The number of fused-ring (bicyclic) bond motifs is 1. The number of benzene rings is 1. The van der Waals surface area contributed by atoms with E-state index in [9.17, 15) is 9.18 Å². The van der Waals surface area contributed by atoms with E-state index in [0.717, 1.165) is 42.6 Å². The number of ketones is 1. The van der Waals surface area contributed by atoms with Crippen LogP contribution in [0.3, 0.4) is 0 Å². The van der Waals surface area contributed by atoms with Crippen LogP contribution in [0.2, 0.25) is 0 Å². The molecule has 0 radical (unpaired) electrons. The van der Waals surface area contributed by atoms with E-state index in [1.54, 1.807) is 22.9 Å². The van der Waals surface area contributed by atoms with Crippen molar-refractivity contribution in [3.63, 3.8) is 0 Å². The minimum atomic E-state index is -0.310. The normalized spacial score (nSPS) is 16.4. The lowest BCUT2D eigenvalue weighted by Gasteiger charge is -2.29. The molecule has 0 unspecified atom stereocenters. The molecule has 1 aliphatic carbocycles. The molecule has 0 bridgehead atoms. The van der Waals surface area contributed by atoms with Crippen LogP contribution in [0.15, 0.2) is 24.3 Å². The molecule has 0 aliphatic heterocycles. The number of nitrogens with zero attached hydrogens (tertiary/aromatic N) is 2. The van der Waals surface area contributed by atoms with Crippen molar-refractivity contribution in [2.45, 2.75) is 52.9 Å². The predicted molar refractivity (Wildman–Crippen MR) is 88.6 cm³/mol. The summed E-state index contributed by atoms with van der Waals surface area (Å²) in [6.07, 6.45) is 4.06. The van der Waals surface area contributed by atoms with Crippen molar-refractivity contribution in [2.24, 2.45) is 5.41 Å². The van der Waals surface area contributed by atoms with E-state index in [-0.39, 0.29) is 17.0 Å². The van der Waals surface area contributed by atoms with Gasteiger partial charge in [-0.05, 0) is 36.8 Å². The smallest absolute Gasteiger partial charge is 0.167 e. The highest BCUT2D eigenvalue weighted by Gasteiger charge is 2.36. The van der Waals surface area contributed by atoms with Crippen LogP contribution in [0.1, 0.15) is 61.8 Å². The van der Waals surface area contributed by atoms with Gasteiger partial charge in [-0.1, -0.05) is 39.3 Å². The van der Waals surface area contributed by atoms with E-state index in [2.05, 4.69) is 25.9 Å². The first-order valence-electron chi connectivity index (χ1n) is 8.32.